The van der Waals surface area contributed by atoms with E-state index in [1.807, 2.05) is 0 Å². The third kappa shape index (κ3) is 2.13. The number of phenolic OH excluding ortho intramolecular Hbond substituents is 1. The molecule has 174 valence electrons. The molecule has 1 N–H and O–H groups in total. The first-order chi connectivity index (χ1) is 18.3. The molecule has 0 radical (unpaired) electrons. The third-order valence-electron chi connectivity index (χ3n) is 9.33. The van der Waals surface area contributed by atoms with Crippen LogP contribution in [0.25, 0.3) is 5.53 Å². The van der Waals surface area contributed by atoms with E-state index in [1.54, 1.807) is 0 Å². The Morgan fingerprint density at radius 1 is 0.432 bits per heavy atom. The maximum atomic E-state index is 12.3. The van der Waals surface area contributed by atoms with E-state index < -0.39 is 0 Å². The van der Waals surface area contributed by atoms with E-state index in [9.17, 15) is 10.6 Å². The van der Waals surface area contributed by atoms with E-state index in [0.717, 1.165) is 22.3 Å². The predicted octanol–water partition coefficient (Wildman–Crippen LogP) is 8.02. The van der Waals surface area contributed by atoms with E-state index >= 15 is 0 Å². The molecule has 0 saturated carbocycles. The van der Waals surface area contributed by atoms with Crippen LogP contribution in [0.1, 0.15) is 90.4 Å². The zero-order valence-corrected chi connectivity index (χ0v) is 19.9. The van der Waals surface area contributed by atoms with Crippen molar-refractivity contribution < 1.29 is 5.11 Å². The summed E-state index contributed by atoms with van der Waals surface area (Å²) in [7, 11) is 0. The van der Waals surface area contributed by atoms with Crippen LogP contribution in [0.15, 0.2) is 102 Å². The molecule has 4 bridgehead atoms. The van der Waals surface area contributed by atoms with Crippen molar-refractivity contribution in [1.82, 2.24) is 0 Å². The molecule has 0 atom stereocenters. The Morgan fingerprint density at radius 2 is 0.676 bits per heavy atom. The lowest BCUT2D eigenvalue weighted by Gasteiger charge is -2.48. The molecule has 37 heavy (non-hydrogen) atoms. The molecular weight excluding hydrogens is 452 g/mol. The van der Waals surface area contributed by atoms with Crippen molar-refractivity contribution >= 4 is 5.69 Å². The molecule has 3 heteroatoms. The summed E-state index contributed by atoms with van der Waals surface area (Å²) < 4.78 is 0. The highest BCUT2D eigenvalue weighted by Gasteiger charge is 2.50. The van der Waals surface area contributed by atoms with E-state index in [1.165, 1.54) is 44.5 Å². The van der Waals surface area contributed by atoms with Gasteiger partial charge < -0.3 is 15.8 Å². The molecule has 0 heterocycles. The number of hydrogen-bond donors (Lipinski definition) is 1. The zero-order valence-electron chi connectivity index (χ0n) is 19.9. The molecule has 11 rings (SSSR count). The van der Waals surface area contributed by atoms with Gasteiger partial charge in [-0.15, -0.1) is 0 Å². The highest BCUT2D eigenvalue weighted by molar-refractivity contribution is 5.84. The fourth-order valence-corrected chi connectivity index (χ4v) is 8.14. The molecular formula is C34H21N2O-. The lowest BCUT2D eigenvalue weighted by molar-refractivity contribution is 0.450. The largest absolute Gasteiger partial charge is 0.706 e. The monoisotopic (exact) mass is 473 g/mol. The smallest absolute Gasteiger partial charge is 0.124 e. The Morgan fingerprint density at radius 3 is 0.919 bits per heavy atom. The average Bonchev–Trinajstić information content (AvgIpc) is 2.97. The summed E-state index contributed by atoms with van der Waals surface area (Å²) in [6.07, 6.45) is 0. The van der Waals surface area contributed by atoms with Gasteiger partial charge in [0.1, 0.15) is 5.75 Å². The Labute approximate surface area is 214 Å². The minimum atomic E-state index is -0.0934. The first-order valence-electron chi connectivity index (χ1n) is 12.9. The highest BCUT2D eigenvalue weighted by Crippen LogP contribution is 2.67. The molecule has 6 aliphatic carbocycles. The number of rotatable bonds is 1. The normalized spacial score (nSPS) is 22.3. The molecule has 6 aliphatic rings. The van der Waals surface area contributed by atoms with Gasteiger partial charge in [-0.3, -0.25) is 0 Å². The standard InChI is InChI=1S/C34H21N2O/c35-36-33-29-25-17-9-1-5-13-21(17)27(22-14-6-2-10-18(22)25)31(29)34(37)32-28-23-15-7-3-11-19(23)26(30(32)33)20-12-4-8-16-24(20)28/h1-16,25-28,37H/q-1. The fraction of sp³-hybridized carbons (Fsp3) is 0.118. The van der Waals surface area contributed by atoms with Crippen molar-refractivity contribution in [2.24, 2.45) is 5.11 Å². The summed E-state index contributed by atoms with van der Waals surface area (Å²) >= 11 is 0. The Hall–Kier alpha value is -4.50. The van der Waals surface area contributed by atoms with Gasteiger partial charge in [0, 0.05) is 40.5 Å². The third-order valence-corrected chi connectivity index (χ3v) is 9.33. The van der Waals surface area contributed by atoms with Gasteiger partial charge in [0.2, 0.25) is 0 Å². The second-order valence-electron chi connectivity index (χ2n) is 10.7. The molecule has 5 aromatic rings. The van der Waals surface area contributed by atoms with E-state index in [4.69, 9.17) is 0 Å². The Balaban J connectivity index is 1.45. The molecule has 0 amide bonds. The van der Waals surface area contributed by atoms with Crippen LogP contribution in [-0.2, 0) is 0 Å². The van der Waals surface area contributed by atoms with Crippen molar-refractivity contribution in [3.05, 3.63) is 169 Å². The summed E-state index contributed by atoms with van der Waals surface area (Å²) in [6.45, 7) is 0. The maximum absolute atomic E-state index is 12.3. The first kappa shape index (κ1) is 19.7. The number of phenols is 1. The highest BCUT2D eigenvalue weighted by atomic mass is 16.3. The van der Waals surface area contributed by atoms with E-state index in [2.05, 4.69) is 102 Å². The first-order valence-corrected chi connectivity index (χ1v) is 12.9. The zero-order chi connectivity index (χ0) is 24.4. The molecule has 0 aliphatic heterocycles. The van der Waals surface area contributed by atoms with Crippen LogP contribution in [0.4, 0.5) is 5.69 Å². The van der Waals surface area contributed by atoms with Gasteiger partial charge in [-0.05, 0) is 55.6 Å². The molecule has 0 spiro atoms. The van der Waals surface area contributed by atoms with Gasteiger partial charge in [0.05, 0.1) is 0 Å². The van der Waals surface area contributed by atoms with Crippen LogP contribution < -0.4 is 0 Å². The van der Waals surface area contributed by atoms with Gasteiger partial charge in [0.15, 0.2) is 0 Å². The summed E-state index contributed by atoms with van der Waals surface area (Å²) in [5, 5.41) is 16.4. The number of nitrogens with zero attached hydrogens (tertiary/aromatic N) is 2. The van der Waals surface area contributed by atoms with Crippen molar-refractivity contribution in [3.8, 4) is 5.75 Å². The SMILES string of the molecule is [N-]=Nc1c2c(c(O)c3c1C1c4ccccc4C3c3ccccc31)C1c3ccccc3C2c2ccccc21. The molecule has 0 fully saturated rings. The number of benzene rings is 5. The van der Waals surface area contributed by atoms with Crippen LogP contribution in [0, 0.1) is 0 Å². The topological polar surface area (TPSA) is 54.9 Å². The molecule has 0 aromatic heterocycles. The van der Waals surface area contributed by atoms with Crippen LogP contribution in [0.3, 0.4) is 0 Å². The van der Waals surface area contributed by atoms with Gasteiger partial charge in [-0.1, -0.05) is 97.1 Å². The van der Waals surface area contributed by atoms with Gasteiger partial charge in [-0.2, -0.15) is 0 Å². The summed E-state index contributed by atoms with van der Waals surface area (Å²) in [6, 6.07) is 34.2. The summed E-state index contributed by atoms with van der Waals surface area (Å²) in [5.41, 5.74) is 25.0. The van der Waals surface area contributed by atoms with Crippen LogP contribution >= 0.6 is 0 Å². The quantitative estimate of drug-likeness (QED) is 0.241. The molecule has 5 aromatic carbocycles. The lowest BCUT2D eigenvalue weighted by atomic mass is 9.55. The maximum Gasteiger partial charge on any atom is 0.124 e. The lowest BCUT2D eigenvalue weighted by Crippen LogP contribution is -2.32. The molecule has 3 nitrogen and oxygen atoms in total. The minimum Gasteiger partial charge on any atom is -0.706 e. The van der Waals surface area contributed by atoms with Gasteiger partial charge in [-0.25, -0.2) is 0 Å². The second-order valence-corrected chi connectivity index (χ2v) is 10.7. The Kier molecular flexibility index (Phi) is 3.52. The minimum absolute atomic E-state index is 0.0829. The van der Waals surface area contributed by atoms with E-state index in [-0.39, 0.29) is 23.7 Å². The summed E-state index contributed by atoms with van der Waals surface area (Å²) in [5.74, 6) is 0.0181. The number of hydrogen-bond acceptors (Lipinski definition) is 2. The van der Waals surface area contributed by atoms with Gasteiger partial charge >= 0.3 is 0 Å². The fourth-order valence-electron chi connectivity index (χ4n) is 8.14. The van der Waals surface area contributed by atoms with Crippen molar-refractivity contribution in [2.45, 2.75) is 23.7 Å². The van der Waals surface area contributed by atoms with E-state index in [0.29, 0.717) is 11.4 Å². The van der Waals surface area contributed by atoms with Crippen molar-refractivity contribution in [2.75, 3.05) is 0 Å². The predicted molar refractivity (Wildman–Crippen MR) is 143 cm³/mol. The van der Waals surface area contributed by atoms with Gasteiger partial charge in [0.25, 0.3) is 0 Å². The van der Waals surface area contributed by atoms with Crippen LogP contribution in [-0.4, -0.2) is 5.11 Å². The van der Waals surface area contributed by atoms with Crippen LogP contribution in [0.5, 0.6) is 5.75 Å². The second kappa shape index (κ2) is 6.63. The molecule has 0 saturated heterocycles. The average molecular weight is 474 g/mol. The van der Waals surface area contributed by atoms with Crippen molar-refractivity contribution in [1.29, 1.82) is 0 Å². The Bertz CT molecular complexity index is 1630. The summed E-state index contributed by atoms with van der Waals surface area (Å²) in [4.78, 5) is 0. The number of aromatic hydroxyl groups is 1. The molecule has 0 unspecified atom stereocenters. The van der Waals surface area contributed by atoms with Crippen molar-refractivity contribution in [3.63, 3.8) is 0 Å². The van der Waals surface area contributed by atoms with Crippen LogP contribution in [0.2, 0.25) is 0 Å².